The number of rotatable bonds is 6. The Balaban J connectivity index is 1.07. The van der Waals surface area contributed by atoms with E-state index in [4.69, 9.17) is 4.74 Å². The summed E-state index contributed by atoms with van der Waals surface area (Å²) < 4.78 is 6.74. The van der Waals surface area contributed by atoms with Gasteiger partial charge in [0.2, 0.25) is 0 Å². The molecular weight excluding hydrogens is 619 g/mol. The Kier molecular flexibility index (Phi) is 8.49. The van der Waals surface area contributed by atoms with Gasteiger partial charge in [-0.1, -0.05) is 90.6 Å². The molecule has 0 saturated carbocycles. The topological polar surface area (TPSA) is 12.5 Å². The lowest BCUT2D eigenvalue weighted by atomic mass is 9.52. The van der Waals surface area contributed by atoms with Gasteiger partial charge in [-0.05, 0) is 161 Å². The number of fused-ring (bicyclic) bond motifs is 4. The Labute approximate surface area is 307 Å². The molecule has 1 heterocycles. The van der Waals surface area contributed by atoms with Crippen molar-refractivity contribution < 1.29 is 4.74 Å². The lowest BCUT2D eigenvalue weighted by Gasteiger charge is -2.53. The summed E-state index contributed by atoms with van der Waals surface area (Å²) in [5.74, 6) is 4.17. The van der Waals surface area contributed by atoms with Gasteiger partial charge in [-0.15, -0.1) is 0 Å². The molecule has 9 atom stereocenters. The Morgan fingerprint density at radius 1 is 0.706 bits per heavy atom. The molecule has 0 fully saturated rings. The molecule has 10 rings (SSSR count). The molecule has 0 bridgehead atoms. The van der Waals surface area contributed by atoms with Crippen molar-refractivity contribution in [2.45, 2.75) is 121 Å². The van der Waals surface area contributed by atoms with E-state index in [9.17, 15) is 0 Å². The van der Waals surface area contributed by atoms with E-state index in [0.717, 1.165) is 25.2 Å². The van der Waals surface area contributed by atoms with Crippen molar-refractivity contribution in [3.63, 3.8) is 0 Å². The van der Waals surface area contributed by atoms with Crippen molar-refractivity contribution in [3.8, 4) is 0 Å². The molecule has 0 saturated heterocycles. The highest BCUT2D eigenvalue weighted by molar-refractivity contribution is 5.59. The Hall–Kier alpha value is -3.52. The average molecular weight is 676 g/mol. The second kappa shape index (κ2) is 13.5. The Morgan fingerprint density at radius 2 is 1.61 bits per heavy atom. The van der Waals surface area contributed by atoms with Gasteiger partial charge >= 0.3 is 0 Å². The Morgan fingerprint density at radius 3 is 2.43 bits per heavy atom. The summed E-state index contributed by atoms with van der Waals surface area (Å²) in [5.41, 5.74) is 10.3. The molecule has 9 unspecified atom stereocenters. The monoisotopic (exact) mass is 675 g/mol. The van der Waals surface area contributed by atoms with Crippen LogP contribution in [0.3, 0.4) is 0 Å². The molecule has 0 radical (unpaired) electrons. The second-order valence-electron chi connectivity index (χ2n) is 17.2. The maximum atomic E-state index is 6.74. The molecule has 10 aliphatic rings. The average Bonchev–Trinajstić information content (AvgIpc) is 3.74. The van der Waals surface area contributed by atoms with Gasteiger partial charge in [0.25, 0.3) is 0 Å². The van der Waals surface area contributed by atoms with Crippen LogP contribution in [0, 0.1) is 35.0 Å². The third-order valence-corrected chi connectivity index (χ3v) is 14.9. The zero-order valence-electron chi connectivity index (χ0n) is 30.6. The fraction of sp³-hybridized carbons (Fsp3) is 0.510. The highest BCUT2D eigenvalue weighted by Crippen LogP contribution is 2.67. The fourth-order valence-corrected chi connectivity index (χ4v) is 12.8. The standard InChI is InChI=1S/C49H57NO/c1-4-15-34(16-5-1)35-27-29-38(30-28-35)50(45-24-14-26-47-48(45)42-22-11-13-25-46(42)51-47)39-31-32-41-40-21-10-12-23-43(40)49(44(41)33-39,36-17-6-2-7-18-36)37-19-8-3-9-20-37/h1-4,6-8,12-14,17,23,25-27,31-32,34,36-38,44-45,47-48H,5,9-11,15-16,18-22,24,28-30,33H2. The van der Waals surface area contributed by atoms with Crippen molar-refractivity contribution in [2.24, 2.45) is 35.0 Å². The predicted octanol–water partition coefficient (Wildman–Crippen LogP) is 12.0. The number of hydrogen-bond acceptors (Lipinski definition) is 2. The van der Waals surface area contributed by atoms with Gasteiger partial charge in [-0.2, -0.15) is 0 Å². The minimum absolute atomic E-state index is 0.152. The van der Waals surface area contributed by atoms with Crippen molar-refractivity contribution in [2.75, 3.05) is 0 Å². The van der Waals surface area contributed by atoms with E-state index >= 15 is 0 Å². The summed E-state index contributed by atoms with van der Waals surface area (Å²) in [6.45, 7) is 0. The van der Waals surface area contributed by atoms with Gasteiger partial charge in [0.15, 0.2) is 0 Å². The number of ether oxygens (including phenoxy) is 1. The van der Waals surface area contributed by atoms with Crippen LogP contribution in [-0.4, -0.2) is 23.1 Å². The predicted molar refractivity (Wildman–Crippen MR) is 210 cm³/mol. The maximum Gasteiger partial charge on any atom is 0.125 e. The molecule has 2 nitrogen and oxygen atoms in total. The van der Waals surface area contributed by atoms with Gasteiger partial charge in [0, 0.05) is 35.0 Å². The minimum Gasteiger partial charge on any atom is -0.486 e. The maximum absolute atomic E-state index is 6.74. The number of nitrogens with zero attached hydrogens (tertiary/aromatic N) is 1. The van der Waals surface area contributed by atoms with Gasteiger partial charge in [-0.25, -0.2) is 0 Å². The first kappa shape index (κ1) is 32.2. The van der Waals surface area contributed by atoms with Crippen molar-refractivity contribution in [3.05, 3.63) is 143 Å². The smallest absolute Gasteiger partial charge is 0.125 e. The zero-order chi connectivity index (χ0) is 33.8. The van der Waals surface area contributed by atoms with E-state index in [1.807, 2.05) is 0 Å². The van der Waals surface area contributed by atoms with E-state index in [-0.39, 0.29) is 11.5 Å². The Bertz CT molecular complexity index is 1790. The van der Waals surface area contributed by atoms with Crippen LogP contribution < -0.4 is 0 Å². The third-order valence-electron chi connectivity index (χ3n) is 14.9. The largest absolute Gasteiger partial charge is 0.486 e. The summed E-state index contributed by atoms with van der Waals surface area (Å²) >= 11 is 0. The lowest BCUT2D eigenvalue weighted by molar-refractivity contribution is 0.0538. The van der Waals surface area contributed by atoms with Crippen LogP contribution in [0.1, 0.15) is 103 Å². The van der Waals surface area contributed by atoms with Crippen LogP contribution in [0.25, 0.3) is 0 Å². The molecule has 264 valence electrons. The van der Waals surface area contributed by atoms with Gasteiger partial charge < -0.3 is 9.64 Å². The fourth-order valence-electron chi connectivity index (χ4n) is 12.8. The first-order valence-electron chi connectivity index (χ1n) is 21.0. The summed E-state index contributed by atoms with van der Waals surface area (Å²) in [5, 5.41) is 0. The molecule has 0 spiro atoms. The van der Waals surface area contributed by atoms with Crippen LogP contribution in [0.4, 0.5) is 0 Å². The summed E-state index contributed by atoms with van der Waals surface area (Å²) in [6.07, 6.45) is 61.9. The van der Waals surface area contributed by atoms with E-state index < -0.39 is 0 Å². The van der Waals surface area contributed by atoms with Crippen LogP contribution >= 0.6 is 0 Å². The SMILES string of the molecule is C1=CCC(C2(C3CC=CCC3)C3=C(CCC=C3)C3=CC=C(N(C4CC=C(C5CC=CCC5)CC4)C4CC=CC5OC6=C(CCC=C6)C54)CC32)C=C1. The van der Waals surface area contributed by atoms with Crippen LogP contribution in [0.2, 0.25) is 0 Å². The normalized spacial score (nSPS) is 39.2. The molecule has 0 aromatic rings. The molecule has 51 heavy (non-hydrogen) atoms. The van der Waals surface area contributed by atoms with Crippen LogP contribution in [0.15, 0.2) is 143 Å². The van der Waals surface area contributed by atoms with Gasteiger partial charge in [-0.3, -0.25) is 0 Å². The van der Waals surface area contributed by atoms with Gasteiger partial charge in [0.05, 0.1) is 0 Å². The number of hydrogen-bond donors (Lipinski definition) is 0. The second-order valence-corrected chi connectivity index (χ2v) is 17.2. The van der Waals surface area contributed by atoms with Crippen molar-refractivity contribution in [1.82, 2.24) is 4.90 Å². The van der Waals surface area contributed by atoms with Crippen LogP contribution in [-0.2, 0) is 4.74 Å². The van der Waals surface area contributed by atoms with E-state index in [1.54, 1.807) is 33.6 Å². The highest BCUT2D eigenvalue weighted by Gasteiger charge is 2.58. The molecule has 2 heteroatoms. The third kappa shape index (κ3) is 5.32. The highest BCUT2D eigenvalue weighted by atomic mass is 16.5. The summed E-state index contributed by atoms with van der Waals surface area (Å²) in [7, 11) is 0. The number of allylic oxidation sites excluding steroid dienone is 19. The van der Waals surface area contributed by atoms with E-state index in [0.29, 0.717) is 35.8 Å². The molecule has 0 N–H and O–H groups in total. The first-order chi connectivity index (χ1) is 25.3. The molecule has 0 amide bonds. The summed E-state index contributed by atoms with van der Waals surface area (Å²) in [6, 6.07) is 0.995. The van der Waals surface area contributed by atoms with Crippen molar-refractivity contribution >= 4 is 0 Å². The van der Waals surface area contributed by atoms with Crippen LogP contribution in [0.5, 0.6) is 0 Å². The molecule has 1 aliphatic heterocycles. The van der Waals surface area contributed by atoms with Gasteiger partial charge in [0.1, 0.15) is 11.9 Å². The molecule has 9 aliphatic carbocycles. The minimum atomic E-state index is 0.152. The van der Waals surface area contributed by atoms with E-state index in [1.165, 1.54) is 89.2 Å². The summed E-state index contributed by atoms with van der Waals surface area (Å²) in [4.78, 5) is 3.05. The quantitative estimate of drug-likeness (QED) is 0.260. The molecule has 0 aromatic heterocycles. The zero-order valence-corrected chi connectivity index (χ0v) is 30.6. The lowest BCUT2D eigenvalue weighted by Crippen LogP contribution is -2.51. The van der Waals surface area contributed by atoms with Crippen molar-refractivity contribution in [1.29, 1.82) is 0 Å². The van der Waals surface area contributed by atoms with E-state index in [2.05, 4.69) is 108 Å². The first-order valence-corrected chi connectivity index (χ1v) is 21.0. The molecule has 0 aromatic carbocycles. The molecular formula is C49H57NO.